The number of cyclic esters (lactones) is 1. The fourth-order valence-electron chi connectivity index (χ4n) is 4.32. The number of hydrogen-bond donors (Lipinski definition) is 0. The maximum atomic E-state index is 14.5. The zero-order valence-corrected chi connectivity index (χ0v) is 20.1. The molecule has 0 saturated carbocycles. The summed E-state index contributed by atoms with van der Waals surface area (Å²) in [6, 6.07) is 17.3. The quantitative estimate of drug-likeness (QED) is 0.376. The molecular weight excluding hydrogens is 493 g/mol. The van der Waals surface area contributed by atoms with Gasteiger partial charge < -0.3 is 23.7 Å². The van der Waals surface area contributed by atoms with Crippen LogP contribution in [0.2, 0.25) is 0 Å². The molecule has 4 rings (SSSR count). The summed E-state index contributed by atoms with van der Waals surface area (Å²) in [6.07, 6.45) is -7.90. The predicted molar refractivity (Wildman–Crippen MR) is 124 cm³/mol. The zero-order valence-electron chi connectivity index (χ0n) is 20.1. The first-order chi connectivity index (χ1) is 17.7. The van der Waals surface area contributed by atoms with Crippen molar-refractivity contribution in [3.8, 4) is 11.5 Å². The molecule has 3 atom stereocenters. The van der Waals surface area contributed by atoms with Crippen molar-refractivity contribution < 1.29 is 46.4 Å². The summed E-state index contributed by atoms with van der Waals surface area (Å²) >= 11 is 0. The lowest BCUT2D eigenvalue weighted by atomic mass is 9.91. The van der Waals surface area contributed by atoms with Crippen molar-refractivity contribution in [2.45, 2.75) is 24.0 Å². The minimum Gasteiger partial charge on any atom is -0.497 e. The van der Waals surface area contributed by atoms with Crippen LogP contribution in [0.4, 0.5) is 13.2 Å². The van der Waals surface area contributed by atoms with Crippen LogP contribution >= 0.6 is 0 Å². The Balaban J connectivity index is 1.83. The van der Waals surface area contributed by atoms with Crippen LogP contribution in [0.5, 0.6) is 11.5 Å². The van der Waals surface area contributed by atoms with Crippen LogP contribution in [0, 0.1) is 0 Å². The molecule has 0 aliphatic carbocycles. The lowest BCUT2D eigenvalue weighted by Crippen LogP contribution is -2.52. The van der Waals surface area contributed by atoms with Crippen LogP contribution in [0.25, 0.3) is 0 Å². The number of rotatable bonds is 8. The van der Waals surface area contributed by atoms with Crippen molar-refractivity contribution in [1.82, 2.24) is 0 Å². The summed E-state index contributed by atoms with van der Waals surface area (Å²) in [4.78, 5) is 26.2. The second-order valence-corrected chi connectivity index (χ2v) is 8.10. The van der Waals surface area contributed by atoms with Gasteiger partial charge in [0.15, 0.2) is 12.2 Å². The van der Waals surface area contributed by atoms with E-state index in [0.29, 0.717) is 11.3 Å². The normalized spacial score (nSPS) is 17.2. The van der Waals surface area contributed by atoms with Gasteiger partial charge in [0, 0.05) is 18.2 Å². The van der Waals surface area contributed by atoms with Gasteiger partial charge in [-0.05, 0) is 23.8 Å². The Hall–Kier alpha value is -4.05. The summed E-state index contributed by atoms with van der Waals surface area (Å²) in [6.45, 7) is 0. The van der Waals surface area contributed by atoms with Crippen molar-refractivity contribution in [1.29, 1.82) is 0 Å². The molecule has 0 aromatic heterocycles. The Labute approximate surface area is 210 Å². The number of benzene rings is 3. The van der Waals surface area contributed by atoms with Crippen molar-refractivity contribution in [2.75, 3.05) is 21.3 Å². The number of fused-ring (bicyclic) bond motifs is 1. The average Bonchev–Trinajstić information content (AvgIpc) is 3.24. The number of carbonyl (C=O) groups is 2. The molecule has 1 aliphatic rings. The van der Waals surface area contributed by atoms with E-state index in [0.717, 1.165) is 19.2 Å². The van der Waals surface area contributed by atoms with E-state index in [1.54, 1.807) is 30.3 Å². The van der Waals surface area contributed by atoms with E-state index in [1.165, 1.54) is 44.6 Å². The first-order valence-corrected chi connectivity index (χ1v) is 11.1. The molecule has 194 valence electrons. The molecule has 0 N–H and O–H groups in total. The van der Waals surface area contributed by atoms with Crippen LogP contribution in [0.15, 0.2) is 72.8 Å². The van der Waals surface area contributed by atoms with E-state index < -0.39 is 41.5 Å². The second-order valence-electron chi connectivity index (χ2n) is 8.10. The van der Waals surface area contributed by atoms with Gasteiger partial charge in [-0.25, -0.2) is 9.59 Å². The number of alkyl halides is 3. The standard InChI is InChI=1S/C27H23F3O7/c1-33-18-14-12-16(13-15-18)22(23-19-10-7-11-20(34-2)21(19)24(31)36-23)37-25(32)26(35-3,27(28,29)30)17-8-5-4-6-9-17/h4-15,22-23H,1-3H3/t22-,23-,26+/m0/s1. The highest BCUT2D eigenvalue weighted by molar-refractivity contribution is 5.97. The van der Waals surface area contributed by atoms with Gasteiger partial charge in [-0.15, -0.1) is 0 Å². The average molecular weight is 516 g/mol. The Morgan fingerprint density at radius 1 is 0.892 bits per heavy atom. The summed E-state index contributed by atoms with van der Waals surface area (Å²) in [7, 11) is 3.59. The number of methoxy groups -OCH3 is 3. The lowest BCUT2D eigenvalue weighted by Gasteiger charge is -2.34. The Bertz CT molecular complexity index is 1280. The Morgan fingerprint density at radius 2 is 1.57 bits per heavy atom. The van der Waals surface area contributed by atoms with Crippen LogP contribution in [-0.2, 0) is 24.6 Å². The minimum atomic E-state index is -5.18. The van der Waals surface area contributed by atoms with Crippen molar-refractivity contribution >= 4 is 11.9 Å². The smallest absolute Gasteiger partial charge is 0.432 e. The van der Waals surface area contributed by atoms with Crippen LogP contribution in [-0.4, -0.2) is 39.4 Å². The number of carbonyl (C=O) groups excluding carboxylic acids is 2. The molecule has 7 nitrogen and oxygen atoms in total. The minimum absolute atomic E-state index is 0.0986. The van der Waals surface area contributed by atoms with Gasteiger partial charge in [0.05, 0.1) is 14.2 Å². The monoisotopic (exact) mass is 516 g/mol. The van der Waals surface area contributed by atoms with E-state index >= 15 is 0 Å². The number of hydrogen-bond acceptors (Lipinski definition) is 7. The first-order valence-electron chi connectivity index (χ1n) is 11.1. The summed E-state index contributed by atoms with van der Waals surface area (Å²) in [5.74, 6) is -1.80. The summed E-state index contributed by atoms with van der Waals surface area (Å²) in [5, 5.41) is 0. The molecule has 0 amide bonds. The van der Waals surface area contributed by atoms with Gasteiger partial charge in [0.2, 0.25) is 0 Å². The molecule has 10 heteroatoms. The van der Waals surface area contributed by atoms with Gasteiger partial charge in [0.1, 0.15) is 17.1 Å². The molecule has 1 heterocycles. The Kier molecular flexibility index (Phi) is 7.13. The highest BCUT2D eigenvalue weighted by Gasteiger charge is 2.64. The van der Waals surface area contributed by atoms with Gasteiger partial charge >= 0.3 is 18.1 Å². The Morgan fingerprint density at radius 3 is 2.14 bits per heavy atom. The third-order valence-electron chi connectivity index (χ3n) is 6.15. The van der Waals surface area contributed by atoms with Gasteiger partial charge in [-0.3, -0.25) is 0 Å². The molecule has 1 aliphatic heterocycles. The molecule has 0 fully saturated rings. The van der Waals surface area contributed by atoms with E-state index in [-0.39, 0.29) is 16.9 Å². The van der Waals surface area contributed by atoms with Crippen LogP contribution in [0.1, 0.15) is 39.3 Å². The largest absolute Gasteiger partial charge is 0.497 e. The molecule has 0 bridgehead atoms. The van der Waals surface area contributed by atoms with Crippen molar-refractivity contribution in [3.63, 3.8) is 0 Å². The molecular formula is C27H23F3O7. The topological polar surface area (TPSA) is 80.3 Å². The first kappa shape index (κ1) is 26.0. The fraction of sp³-hybridized carbons (Fsp3) is 0.259. The van der Waals surface area contributed by atoms with Crippen LogP contribution < -0.4 is 9.47 Å². The zero-order chi connectivity index (χ0) is 26.8. The van der Waals surface area contributed by atoms with Crippen LogP contribution in [0.3, 0.4) is 0 Å². The van der Waals surface area contributed by atoms with E-state index in [9.17, 15) is 22.8 Å². The summed E-state index contributed by atoms with van der Waals surface area (Å²) in [5.41, 5.74) is -3.23. The highest BCUT2D eigenvalue weighted by Crippen LogP contribution is 2.48. The fourth-order valence-corrected chi connectivity index (χ4v) is 4.32. The maximum Gasteiger partial charge on any atom is 0.432 e. The van der Waals surface area contributed by atoms with E-state index in [4.69, 9.17) is 23.7 Å². The second kappa shape index (κ2) is 10.1. The molecule has 3 aromatic rings. The third kappa shape index (κ3) is 4.48. The van der Waals surface area contributed by atoms with E-state index in [2.05, 4.69) is 0 Å². The third-order valence-corrected chi connectivity index (χ3v) is 6.15. The molecule has 0 unspecified atom stereocenters. The van der Waals surface area contributed by atoms with Gasteiger partial charge in [0.25, 0.3) is 5.60 Å². The molecule has 0 radical (unpaired) electrons. The molecule has 37 heavy (non-hydrogen) atoms. The lowest BCUT2D eigenvalue weighted by molar-refractivity contribution is -0.279. The molecule has 0 saturated heterocycles. The molecule has 0 spiro atoms. The highest BCUT2D eigenvalue weighted by atomic mass is 19.4. The number of ether oxygens (including phenoxy) is 5. The maximum absolute atomic E-state index is 14.5. The molecule has 3 aromatic carbocycles. The number of halogens is 3. The predicted octanol–water partition coefficient (Wildman–Crippen LogP) is 5.30. The number of esters is 2. The SMILES string of the molecule is COc1ccc([C@H](OC(=O)[C@](OC)(c2ccccc2)C(F)(F)F)[C@H]2OC(=O)c3c(OC)cccc32)cc1. The summed E-state index contributed by atoms with van der Waals surface area (Å²) < 4.78 is 69.9. The van der Waals surface area contributed by atoms with Gasteiger partial charge in [-0.1, -0.05) is 54.6 Å². The van der Waals surface area contributed by atoms with Crippen molar-refractivity contribution in [3.05, 3.63) is 95.1 Å². The van der Waals surface area contributed by atoms with Crippen molar-refractivity contribution in [2.24, 2.45) is 0 Å². The van der Waals surface area contributed by atoms with Gasteiger partial charge in [-0.2, -0.15) is 13.2 Å². The van der Waals surface area contributed by atoms with E-state index in [1.807, 2.05) is 0 Å².